The van der Waals surface area contributed by atoms with E-state index in [2.05, 4.69) is 13.8 Å². The van der Waals surface area contributed by atoms with Crippen molar-refractivity contribution >= 4 is 0 Å². The molecule has 0 radical (unpaired) electrons. The molecule has 0 bridgehead atoms. The fourth-order valence-corrected chi connectivity index (χ4v) is 3.38. The fourth-order valence-electron chi connectivity index (χ4n) is 3.38. The van der Waals surface area contributed by atoms with Gasteiger partial charge in [-0.25, -0.2) is 4.39 Å². The van der Waals surface area contributed by atoms with Gasteiger partial charge in [0.15, 0.2) is 0 Å². The predicted octanol–water partition coefficient (Wildman–Crippen LogP) is 2.94. The van der Waals surface area contributed by atoms with Crippen LogP contribution in [-0.2, 0) is 4.74 Å². The second kappa shape index (κ2) is 4.18. The molecular formula is C15H20FNO2. The van der Waals surface area contributed by atoms with Gasteiger partial charge in [-0.3, -0.25) is 0 Å². The number of halogens is 1. The van der Waals surface area contributed by atoms with Gasteiger partial charge in [-0.15, -0.1) is 0 Å². The van der Waals surface area contributed by atoms with Crippen molar-refractivity contribution in [1.29, 1.82) is 0 Å². The zero-order valence-electron chi connectivity index (χ0n) is 11.4. The SMILES string of the molecule is CC1(C)CC2(CCO1)C[C@@H](N)c1ccc(F)cc1O2. The van der Waals surface area contributed by atoms with Gasteiger partial charge < -0.3 is 15.2 Å². The molecule has 0 aromatic heterocycles. The quantitative estimate of drug-likeness (QED) is 0.784. The normalized spacial score (nSPS) is 32.7. The van der Waals surface area contributed by atoms with Gasteiger partial charge in [0.25, 0.3) is 0 Å². The topological polar surface area (TPSA) is 44.5 Å². The summed E-state index contributed by atoms with van der Waals surface area (Å²) in [5.41, 5.74) is 6.61. The number of hydrogen-bond donors (Lipinski definition) is 1. The van der Waals surface area contributed by atoms with Gasteiger partial charge in [0.2, 0.25) is 0 Å². The number of rotatable bonds is 0. The van der Waals surface area contributed by atoms with E-state index in [9.17, 15) is 4.39 Å². The van der Waals surface area contributed by atoms with E-state index >= 15 is 0 Å². The van der Waals surface area contributed by atoms with Crippen LogP contribution in [0.1, 0.15) is 44.7 Å². The van der Waals surface area contributed by atoms with Crippen LogP contribution in [-0.4, -0.2) is 17.8 Å². The summed E-state index contributed by atoms with van der Waals surface area (Å²) in [6.07, 6.45) is 2.35. The maximum absolute atomic E-state index is 13.4. The Kier molecular flexibility index (Phi) is 2.84. The van der Waals surface area contributed by atoms with Crippen LogP contribution in [0.25, 0.3) is 0 Å². The van der Waals surface area contributed by atoms with Gasteiger partial charge in [0, 0.05) is 36.9 Å². The highest BCUT2D eigenvalue weighted by Gasteiger charge is 2.46. The largest absolute Gasteiger partial charge is 0.487 e. The van der Waals surface area contributed by atoms with Crippen LogP contribution in [0.15, 0.2) is 18.2 Å². The second-order valence-corrected chi connectivity index (χ2v) is 6.31. The number of nitrogens with two attached hydrogens (primary N) is 1. The molecule has 3 nitrogen and oxygen atoms in total. The van der Waals surface area contributed by atoms with Crippen molar-refractivity contribution in [3.63, 3.8) is 0 Å². The van der Waals surface area contributed by atoms with Gasteiger partial charge in [-0.2, -0.15) is 0 Å². The highest BCUT2D eigenvalue weighted by Crippen LogP contribution is 2.46. The number of ether oxygens (including phenoxy) is 2. The Morgan fingerprint density at radius 3 is 2.89 bits per heavy atom. The summed E-state index contributed by atoms with van der Waals surface area (Å²) in [5.74, 6) is 0.311. The minimum absolute atomic E-state index is 0.0988. The first-order chi connectivity index (χ1) is 8.89. The molecule has 0 aliphatic carbocycles. The van der Waals surface area contributed by atoms with Crippen LogP contribution < -0.4 is 10.5 Å². The Morgan fingerprint density at radius 1 is 1.37 bits per heavy atom. The van der Waals surface area contributed by atoms with E-state index in [0.29, 0.717) is 12.4 Å². The van der Waals surface area contributed by atoms with Gasteiger partial charge in [-0.1, -0.05) is 6.07 Å². The number of benzene rings is 1. The van der Waals surface area contributed by atoms with Crippen molar-refractivity contribution in [2.75, 3.05) is 6.61 Å². The minimum Gasteiger partial charge on any atom is -0.487 e. The van der Waals surface area contributed by atoms with Gasteiger partial charge in [-0.05, 0) is 19.9 Å². The van der Waals surface area contributed by atoms with Crippen LogP contribution in [0.2, 0.25) is 0 Å². The fraction of sp³-hybridized carbons (Fsp3) is 0.600. The zero-order chi connectivity index (χ0) is 13.7. The Morgan fingerprint density at radius 2 is 2.16 bits per heavy atom. The molecule has 1 aromatic carbocycles. The molecule has 1 unspecified atom stereocenters. The predicted molar refractivity (Wildman–Crippen MR) is 70.6 cm³/mol. The lowest BCUT2D eigenvalue weighted by Gasteiger charge is -2.48. The van der Waals surface area contributed by atoms with Crippen molar-refractivity contribution in [2.24, 2.45) is 5.73 Å². The van der Waals surface area contributed by atoms with E-state index < -0.39 is 0 Å². The summed E-state index contributed by atoms with van der Waals surface area (Å²) >= 11 is 0. The summed E-state index contributed by atoms with van der Waals surface area (Å²) in [7, 11) is 0. The summed E-state index contributed by atoms with van der Waals surface area (Å²) in [5, 5.41) is 0. The van der Waals surface area contributed by atoms with Crippen molar-refractivity contribution in [2.45, 2.75) is 50.4 Å². The maximum Gasteiger partial charge on any atom is 0.127 e. The lowest BCUT2D eigenvalue weighted by molar-refractivity contribution is -0.141. The molecule has 2 heterocycles. The van der Waals surface area contributed by atoms with Crippen molar-refractivity contribution < 1.29 is 13.9 Å². The van der Waals surface area contributed by atoms with Crippen molar-refractivity contribution in [3.05, 3.63) is 29.6 Å². The molecule has 2 aliphatic heterocycles. The van der Waals surface area contributed by atoms with Crippen LogP contribution in [0.3, 0.4) is 0 Å². The van der Waals surface area contributed by atoms with Crippen LogP contribution in [0, 0.1) is 5.82 Å². The Hall–Kier alpha value is -1.13. The van der Waals surface area contributed by atoms with E-state index in [-0.39, 0.29) is 23.1 Å². The molecule has 104 valence electrons. The Balaban J connectivity index is 1.95. The number of fused-ring (bicyclic) bond motifs is 1. The summed E-state index contributed by atoms with van der Waals surface area (Å²) < 4.78 is 25.3. The Bertz CT molecular complexity index is 503. The molecule has 1 spiro atoms. The second-order valence-electron chi connectivity index (χ2n) is 6.31. The molecule has 1 aromatic rings. The molecule has 2 N–H and O–H groups in total. The third-order valence-corrected chi connectivity index (χ3v) is 4.09. The van der Waals surface area contributed by atoms with Crippen LogP contribution >= 0.6 is 0 Å². The third kappa shape index (κ3) is 2.35. The van der Waals surface area contributed by atoms with Crippen molar-refractivity contribution in [3.8, 4) is 5.75 Å². The molecule has 19 heavy (non-hydrogen) atoms. The summed E-state index contributed by atoms with van der Waals surface area (Å²) in [6, 6.07) is 4.51. The lowest BCUT2D eigenvalue weighted by atomic mass is 9.77. The average molecular weight is 265 g/mol. The van der Waals surface area contributed by atoms with E-state index in [1.165, 1.54) is 12.1 Å². The smallest absolute Gasteiger partial charge is 0.127 e. The van der Waals surface area contributed by atoms with Gasteiger partial charge in [0.1, 0.15) is 17.2 Å². The zero-order valence-corrected chi connectivity index (χ0v) is 11.4. The Labute approximate surface area is 112 Å². The van der Waals surface area contributed by atoms with Gasteiger partial charge >= 0.3 is 0 Å². The van der Waals surface area contributed by atoms with Gasteiger partial charge in [0.05, 0.1) is 12.2 Å². The standard InChI is InChI=1S/C15H20FNO2/c1-14(2)9-15(5-6-18-14)8-12(17)11-4-3-10(16)7-13(11)19-15/h3-4,7,12H,5-6,8-9,17H2,1-2H3/t12-,15?/m1/s1. The average Bonchev–Trinajstić information content (AvgIpc) is 2.25. The lowest BCUT2D eigenvalue weighted by Crippen LogP contribution is -2.52. The highest BCUT2D eigenvalue weighted by molar-refractivity contribution is 5.39. The van der Waals surface area contributed by atoms with Crippen LogP contribution in [0.4, 0.5) is 4.39 Å². The molecule has 3 rings (SSSR count). The molecule has 4 heteroatoms. The van der Waals surface area contributed by atoms with E-state index in [1.54, 1.807) is 6.07 Å². The van der Waals surface area contributed by atoms with Crippen LogP contribution in [0.5, 0.6) is 5.75 Å². The van der Waals surface area contributed by atoms with E-state index in [0.717, 1.165) is 24.8 Å². The molecule has 0 saturated carbocycles. The molecule has 2 atom stereocenters. The first kappa shape index (κ1) is 12.9. The van der Waals surface area contributed by atoms with Crippen molar-refractivity contribution in [1.82, 2.24) is 0 Å². The van der Waals surface area contributed by atoms with E-state index in [1.807, 2.05) is 0 Å². The first-order valence-electron chi connectivity index (χ1n) is 6.77. The minimum atomic E-state index is -0.318. The third-order valence-electron chi connectivity index (χ3n) is 4.09. The molecule has 1 saturated heterocycles. The highest BCUT2D eigenvalue weighted by atomic mass is 19.1. The monoisotopic (exact) mass is 265 g/mol. The summed E-state index contributed by atoms with van der Waals surface area (Å²) in [4.78, 5) is 0. The first-order valence-corrected chi connectivity index (χ1v) is 6.77. The van der Waals surface area contributed by atoms with E-state index in [4.69, 9.17) is 15.2 Å². The maximum atomic E-state index is 13.4. The molecule has 0 amide bonds. The molecule has 2 aliphatic rings. The molecular weight excluding hydrogens is 245 g/mol. The summed E-state index contributed by atoms with van der Waals surface area (Å²) in [6.45, 7) is 4.78. The molecule has 1 fully saturated rings. The number of hydrogen-bond acceptors (Lipinski definition) is 3.